The second-order valence-corrected chi connectivity index (χ2v) is 1.79. The van der Waals surface area contributed by atoms with Crippen LogP contribution >= 0.6 is 11.5 Å². The molecule has 0 aliphatic carbocycles. The minimum Gasteiger partial charge on any atom is -0.227 e. The van der Waals surface area contributed by atoms with E-state index in [0.717, 1.165) is 0 Å². The first-order valence-corrected chi connectivity index (χ1v) is 2.89. The molecule has 1 aromatic heterocycles. The summed E-state index contributed by atoms with van der Waals surface area (Å²) in [4.78, 5) is 3.79. The zero-order valence-corrected chi connectivity index (χ0v) is 4.85. The molecule has 0 spiro atoms. The van der Waals surface area contributed by atoms with E-state index in [2.05, 4.69) is 9.36 Å². The largest absolute Gasteiger partial charge is 0.227 e. The molecule has 1 heterocycles. The van der Waals surface area contributed by atoms with Gasteiger partial charge in [-0.3, -0.25) is 0 Å². The first-order valence-electron chi connectivity index (χ1n) is 2.05. The molecular formula is C4H3N3S. The number of nitrogens with zero attached hydrogens (tertiary/aromatic N) is 3. The van der Waals surface area contributed by atoms with Crippen molar-refractivity contribution in [3.63, 3.8) is 0 Å². The van der Waals surface area contributed by atoms with E-state index in [9.17, 15) is 0 Å². The van der Waals surface area contributed by atoms with Crippen molar-refractivity contribution in [3.05, 3.63) is 11.3 Å². The third-order valence-corrected chi connectivity index (χ3v) is 1.16. The van der Waals surface area contributed by atoms with Crippen molar-refractivity contribution in [2.75, 3.05) is 0 Å². The van der Waals surface area contributed by atoms with Crippen LogP contribution in [0.1, 0.15) is 5.82 Å². The van der Waals surface area contributed by atoms with E-state index < -0.39 is 0 Å². The summed E-state index contributed by atoms with van der Waals surface area (Å²) in [6.45, 7) is 0. The normalized spacial score (nSPS) is 8.38. The van der Waals surface area contributed by atoms with Crippen LogP contribution in [0.15, 0.2) is 5.51 Å². The molecule has 0 N–H and O–H groups in total. The molecule has 0 unspecified atom stereocenters. The molecule has 4 heteroatoms. The van der Waals surface area contributed by atoms with Crippen molar-refractivity contribution < 1.29 is 0 Å². The molecule has 1 aromatic rings. The molecule has 3 nitrogen and oxygen atoms in total. The van der Waals surface area contributed by atoms with Crippen LogP contribution in [0.4, 0.5) is 0 Å². The van der Waals surface area contributed by atoms with Crippen LogP contribution in [0.2, 0.25) is 0 Å². The fourth-order valence-corrected chi connectivity index (χ4v) is 0.790. The number of hydrogen-bond acceptors (Lipinski definition) is 4. The van der Waals surface area contributed by atoms with E-state index in [1.54, 1.807) is 5.51 Å². The number of hydrogen-bond donors (Lipinski definition) is 0. The Kier molecular flexibility index (Phi) is 1.55. The van der Waals surface area contributed by atoms with E-state index in [1.165, 1.54) is 11.5 Å². The van der Waals surface area contributed by atoms with Crippen LogP contribution in [0.5, 0.6) is 0 Å². The molecular weight excluding hydrogens is 122 g/mol. The van der Waals surface area contributed by atoms with E-state index >= 15 is 0 Å². The minimum absolute atomic E-state index is 0.323. The van der Waals surface area contributed by atoms with Gasteiger partial charge >= 0.3 is 0 Å². The Labute approximate surface area is 50.8 Å². The maximum absolute atomic E-state index is 8.11. The maximum atomic E-state index is 8.11. The molecule has 0 aliphatic heterocycles. The van der Waals surface area contributed by atoms with Crippen LogP contribution in [0, 0.1) is 11.3 Å². The maximum Gasteiger partial charge on any atom is 0.156 e. The third-order valence-electron chi connectivity index (χ3n) is 0.644. The van der Waals surface area contributed by atoms with Crippen molar-refractivity contribution >= 4 is 11.5 Å². The van der Waals surface area contributed by atoms with Crippen molar-refractivity contribution in [2.24, 2.45) is 0 Å². The quantitative estimate of drug-likeness (QED) is 0.552. The van der Waals surface area contributed by atoms with Crippen molar-refractivity contribution in [1.29, 1.82) is 5.26 Å². The van der Waals surface area contributed by atoms with E-state index in [4.69, 9.17) is 5.26 Å². The molecule has 8 heavy (non-hydrogen) atoms. The Morgan fingerprint density at radius 1 is 1.88 bits per heavy atom. The van der Waals surface area contributed by atoms with Gasteiger partial charge in [0.2, 0.25) is 0 Å². The van der Waals surface area contributed by atoms with Crippen molar-refractivity contribution in [3.8, 4) is 6.07 Å². The first-order chi connectivity index (χ1) is 3.93. The van der Waals surface area contributed by atoms with Gasteiger partial charge in [-0.05, 0) is 11.5 Å². The average Bonchev–Trinajstić information content (AvgIpc) is 2.19. The molecule has 1 rings (SSSR count). The predicted molar refractivity (Wildman–Crippen MR) is 29.2 cm³/mol. The van der Waals surface area contributed by atoms with E-state index in [0.29, 0.717) is 12.2 Å². The van der Waals surface area contributed by atoms with Gasteiger partial charge in [0.25, 0.3) is 0 Å². The van der Waals surface area contributed by atoms with Crippen molar-refractivity contribution in [1.82, 2.24) is 9.36 Å². The highest BCUT2D eigenvalue weighted by Crippen LogP contribution is 1.92. The molecule has 40 valence electrons. The van der Waals surface area contributed by atoms with Gasteiger partial charge in [0.05, 0.1) is 12.5 Å². The molecule has 0 aliphatic rings. The lowest BCUT2D eigenvalue weighted by Crippen LogP contribution is -1.80. The number of nitriles is 1. The summed E-state index contributed by atoms with van der Waals surface area (Å²) >= 11 is 1.27. The SMILES string of the molecule is N#CCc1ncsn1. The fraction of sp³-hybridized carbons (Fsp3) is 0.250. The predicted octanol–water partition coefficient (Wildman–Crippen LogP) is 0.604. The van der Waals surface area contributed by atoms with Gasteiger partial charge in [-0.25, -0.2) is 4.98 Å². The molecule has 0 aromatic carbocycles. The van der Waals surface area contributed by atoms with Gasteiger partial charge in [0.1, 0.15) is 5.51 Å². The lowest BCUT2D eigenvalue weighted by Gasteiger charge is -1.73. The first kappa shape index (κ1) is 5.19. The number of aromatic nitrogens is 2. The summed E-state index contributed by atoms with van der Waals surface area (Å²) in [6.07, 6.45) is 0.323. The van der Waals surface area contributed by atoms with Crippen LogP contribution < -0.4 is 0 Å². The summed E-state index contributed by atoms with van der Waals surface area (Å²) in [7, 11) is 0. The highest BCUT2D eigenvalue weighted by molar-refractivity contribution is 7.03. The van der Waals surface area contributed by atoms with E-state index in [1.807, 2.05) is 6.07 Å². The van der Waals surface area contributed by atoms with Gasteiger partial charge in [-0.1, -0.05) is 0 Å². The van der Waals surface area contributed by atoms with Gasteiger partial charge in [-0.2, -0.15) is 9.64 Å². The smallest absolute Gasteiger partial charge is 0.156 e. The number of rotatable bonds is 1. The standard InChI is InChI=1S/C4H3N3S/c5-2-1-4-6-3-8-7-4/h3H,1H2. The van der Waals surface area contributed by atoms with Crippen LogP contribution in [0.25, 0.3) is 0 Å². The van der Waals surface area contributed by atoms with Gasteiger partial charge < -0.3 is 0 Å². The Morgan fingerprint density at radius 3 is 3.25 bits per heavy atom. The molecule has 0 amide bonds. The lowest BCUT2D eigenvalue weighted by atomic mass is 10.5. The van der Waals surface area contributed by atoms with Gasteiger partial charge in [0, 0.05) is 0 Å². The topological polar surface area (TPSA) is 49.6 Å². The lowest BCUT2D eigenvalue weighted by molar-refractivity contribution is 1.08. The average molecular weight is 125 g/mol. The molecule has 0 saturated heterocycles. The summed E-state index contributed by atoms with van der Waals surface area (Å²) < 4.78 is 3.81. The molecule has 0 radical (unpaired) electrons. The zero-order valence-electron chi connectivity index (χ0n) is 4.03. The molecule has 0 fully saturated rings. The summed E-state index contributed by atoms with van der Waals surface area (Å²) in [6, 6.07) is 1.95. The third kappa shape index (κ3) is 1.01. The summed E-state index contributed by atoms with van der Waals surface area (Å²) in [5.41, 5.74) is 1.62. The van der Waals surface area contributed by atoms with Crippen LogP contribution in [-0.2, 0) is 6.42 Å². The van der Waals surface area contributed by atoms with Crippen LogP contribution in [-0.4, -0.2) is 9.36 Å². The van der Waals surface area contributed by atoms with Crippen LogP contribution in [0.3, 0.4) is 0 Å². The van der Waals surface area contributed by atoms with E-state index in [-0.39, 0.29) is 0 Å². The summed E-state index contributed by atoms with van der Waals surface area (Å²) in [5.74, 6) is 0.623. The fourth-order valence-electron chi connectivity index (χ4n) is 0.341. The van der Waals surface area contributed by atoms with Gasteiger partial charge in [0.15, 0.2) is 5.82 Å². The Balaban J connectivity index is 2.67. The molecule has 0 saturated carbocycles. The van der Waals surface area contributed by atoms with Crippen molar-refractivity contribution in [2.45, 2.75) is 6.42 Å². The Hall–Kier alpha value is -0.950. The molecule has 0 atom stereocenters. The monoisotopic (exact) mass is 125 g/mol. The Morgan fingerprint density at radius 2 is 2.75 bits per heavy atom. The molecule has 0 bridgehead atoms. The second kappa shape index (κ2) is 2.38. The Bertz CT molecular complexity index is 186. The highest BCUT2D eigenvalue weighted by Gasteiger charge is 1.90. The highest BCUT2D eigenvalue weighted by atomic mass is 32.1. The minimum atomic E-state index is 0.323. The second-order valence-electron chi connectivity index (χ2n) is 1.18. The summed E-state index contributed by atoms with van der Waals surface area (Å²) in [5, 5.41) is 8.11. The zero-order chi connectivity index (χ0) is 5.82. The van der Waals surface area contributed by atoms with Gasteiger partial charge in [-0.15, -0.1) is 0 Å².